The van der Waals surface area contributed by atoms with Crippen LogP contribution < -0.4 is 9.62 Å². The molecule has 0 atom stereocenters. The van der Waals surface area contributed by atoms with Crippen molar-refractivity contribution in [2.45, 2.75) is 38.6 Å². The monoisotopic (exact) mass is 394 g/mol. The van der Waals surface area contributed by atoms with Crippen LogP contribution in [0.25, 0.3) is 0 Å². The molecule has 27 heavy (non-hydrogen) atoms. The van der Waals surface area contributed by atoms with Crippen molar-refractivity contribution in [3.8, 4) is 0 Å². The quantitative estimate of drug-likeness (QED) is 0.821. The molecule has 3 rings (SSSR count). The third kappa shape index (κ3) is 4.06. The fourth-order valence-electron chi connectivity index (χ4n) is 3.06. The van der Waals surface area contributed by atoms with Crippen LogP contribution in [0.2, 0.25) is 0 Å². The molecule has 0 aromatic carbocycles. The van der Waals surface area contributed by atoms with E-state index in [-0.39, 0.29) is 10.9 Å². The highest BCUT2D eigenvalue weighted by atomic mass is 32.2. The van der Waals surface area contributed by atoms with Gasteiger partial charge >= 0.3 is 0 Å². The molecular weight excluding hydrogens is 368 g/mol. The molecule has 1 saturated heterocycles. The van der Waals surface area contributed by atoms with E-state index < -0.39 is 10.0 Å². The summed E-state index contributed by atoms with van der Waals surface area (Å²) < 4.78 is 35.3. The molecule has 1 aliphatic rings. The van der Waals surface area contributed by atoms with Crippen molar-refractivity contribution >= 4 is 21.7 Å². The van der Waals surface area contributed by atoms with E-state index in [1.165, 1.54) is 6.20 Å². The summed E-state index contributed by atoms with van der Waals surface area (Å²) >= 11 is 0. The summed E-state index contributed by atoms with van der Waals surface area (Å²) in [5.41, 5.74) is 1.55. The van der Waals surface area contributed by atoms with Crippen LogP contribution in [0.15, 0.2) is 11.2 Å². The van der Waals surface area contributed by atoms with Crippen LogP contribution in [0.5, 0.6) is 0 Å². The Hall–Kier alpha value is -2.20. The van der Waals surface area contributed by atoms with Crippen LogP contribution >= 0.6 is 0 Å². The summed E-state index contributed by atoms with van der Waals surface area (Å²) in [5.74, 6) is 1.43. The first kappa shape index (κ1) is 19.6. The second-order valence-corrected chi connectivity index (χ2v) is 8.61. The minimum Gasteiger partial charge on any atom is -0.378 e. The van der Waals surface area contributed by atoms with E-state index in [4.69, 9.17) is 4.74 Å². The molecule has 2 aromatic rings. The van der Waals surface area contributed by atoms with E-state index in [2.05, 4.69) is 19.7 Å². The number of hydrogen-bond acceptors (Lipinski definition) is 7. The van der Waals surface area contributed by atoms with Gasteiger partial charge in [-0.1, -0.05) is 13.8 Å². The zero-order chi connectivity index (χ0) is 19.8. The Labute approximate surface area is 159 Å². The first-order valence-electron chi connectivity index (χ1n) is 8.93. The SMILES string of the molecule is Cc1nc(N2CCOCC2)nc(C)c1NS(=O)(=O)c1cn(C)c(C(C)C)n1. The van der Waals surface area contributed by atoms with Gasteiger partial charge in [-0.2, -0.15) is 8.42 Å². The second kappa shape index (κ2) is 7.43. The molecule has 1 fully saturated rings. The van der Waals surface area contributed by atoms with Crippen molar-refractivity contribution in [2.24, 2.45) is 7.05 Å². The van der Waals surface area contributed by atoms with Gasteiger partial charge in [0.1, 0.15) is 5.82 Å². The van der Waals surface area contributed by atoms with Crippen LogP contribution in [0, 0.1) is 13.8 Å². The lowest BCUT2D eigenvalue weighted by molar-refractivity contribution is 0.122. The van der Waals surface area contributed by atoms with Crippen molar-refractivity contribution < 1.29 is 13.2 Å². The lowest BCUT2D eigenvalue weighted by Crippen LogP contribution is -2.37. The summed E-state index contributed by atoms with van der Waals surface area (Å²) in [7, 11) is -2.04. The normalized spacial score (nSPS) is 15.4. The Kier molecular flexibility index (Phi) is 5.38. The first-order valence-corrected chi connectivity index (χ1v) is 10.4. The predicted octanol–water partition coefficient (Wildman–Crippen LogP) is 1.59. The topological polar surface area (TPSA) is 102 Å². The Bertz CT molecular complexity index is 909. The number of anilines is 2. The number of rotatable bonds is 5. The third-order valence-electron chi connectivity index (χ3n) is 4.47. The van der Waals surface area contributed by atoms with Crippen LogP contribution in [-0.4, -0.2) is 54.2 Å². The number of nitrogens with zero attached hydrogens (tertiary/aromatic N) is 5. The minimum atomic E-state index is -3.83. The van der Waals surface area contributed by atoms with Gasteiger partial charge in [0.05, 0.1) is 30.3 Å². The highest BCUT2D eigenvalue weighted by molar-refractivity contribution is 7.92. The van der Waals surface area contributed by atoms with Gasteiger partial charge in [-0.3, -0.25) is 4.72 Å². The molecular formula is C17H26N6O3S. The summed E-state index contributed by atoms with van der Waals surface area (Å²) in [6, 6.07) is 0. The molecule has 0 amide bonds. The summed E-state index contributed by atoms with van der Waals surface area (Å²) in [6.07, 6.45) is 1.52. The highest BCUT2D eigenvalue weighted by Crippen LogP contribution is 2.24. The van der Waals surface area contributed by atoms with Crippen molar-refractivity contribution in [3.05, 3.63) is 23.4 Å². The molecule has 0 bridgehead atoms. The van der Waals surface area contributed by atoms with E-state index in [0.717, 1.165) is 13.1 Å². The number of sulfonamides is 1. The lowest BCUT2D eigenvalue weighted by atomic mass is 10.2. The van der Waals surface area contributed by atoms with Crippen molar-refractivity contribution in [2.75, 3.05) is 35.9 Å². The van der Waals surface area contributed by atoms with Crippen molar-refractivity contribution in [1.82, 2.24) is 19.5 Å². The fraction of sp³-hybridized carbons (Fsp3) is 0.588. The highest BCUT2D eigenvalue weighted by Gasteiger charge is 2.24. The van der Waals surface area contributed by atoms with Gasteiger partial charge in [-0.05, 0) is 13.8 Å². The maximum absolute atomic E-state index is 12.8. The summed E-state index contributed by atoms with van der Waals surface area (Å²) in [4.78, 5) is 15.3. The van der Waals surface area contributed by atoms with Crippen LogP contribution in [0.3, 0.4) is 0 Å². The molecule has 10 heteroatoms. The molecule has 0 aliphatic carbocycles. The van der Waals surface area contributed by atoms with E-state index >= 15 is 0 Å². The van der Waals surface area contributed by atoms with Gasteiger partial charge in [0.2, 0.25) is 5.95 Å². The molecule has 0 spiro atoms. The van der Waals surface area contributed by atoms with E-state index in [1.807, 2.05) is 18.7 Å². The fourth-order valence-corrected chi connectivity index (χ4v) is 4.24. The zero-order valence-corrected chi connectivity index (χ0v) is 17.2. The Morgan fingerprint density at radius 3 is 2.22 bits per heavy atom. The molecule has 9 nitrogen and oxygen atoms in total. The molecule has 0 unspecified atom stereocenters. The van der Waals surface area contributed by atoms with Gasteiger partial charge < -0.3 is 14.2 Å². The number of hydrogen-bond donors (Lipinski definition) is 1. The molecule has 1 N–H and O–H groups in total. The third-order valence-corrected chi connectivity index (χ3v) is 5.69. The summed E-state index contributed by atoms with van der Waals surface area (Å²) in [6.45, 7) is 10.2. The number of imidazole rings is 1. The van der Waals surface area contributed by atoms with Gasteiger partial charge in [-0.25, -0.2) is 15.0 Å². The Balaban J connectivity index is 1.89. The predicted molar refractivity (Wildman–Crippen MR) is 103 cm³/mol. The number of morpholine rings is 1. The van der Waals surface area contributed by atoms with Gasteiger partial charge in [0, 0.05) is 32.3 Å². The second-order valence-electron chi connectivity index (χ2n) is 6.98. The summed E-state index contributed by atoms with van der Waals surface area (Å²) in [5, 5.41) is -0.00949. The largest absolute Gasteiger partial charge is 0.378 e. The van der Waals surface area contributed by atoms with Crippen molar-refractivity contribution in [3.63, 3.8) is 0 Å². The molecule has 0 radical (unpaired) electrons. The number of nitrogens with one attached hydrogen (secondary N) is 1. The van der Waals surface area contributed by atoms with Gasteiger partial charge in [0.15, 0.2) is 5.03 Å². The minimum absolute atomic E-state index is 0.00949. The van der Waals surface area contributed by atoms with Crippen molar-refractivity contribution in [1.29, 1.82) is 0 Å². The average Bonchev–Trinajstić information content (AvgIpc) is 3.02. The van der Waals surface area contributed by atoms with Gasteiger partial charge in [-0.15, -0.1) is 0 Å². The Morgan fingerprint density at radius 1 is 1.11 bits per heavy atom. The maximum Gasteiger partial charge on any atom is 0.281 e. The van der Waals surface area contributed by atoms with Crippen LogP contribution in [0.4, 0.5) is 11.6 Å². The van der Waals surface area contributed by atoms with E-state index in [0.29, 0.717) is 42.1 Å². The molecule has 148 valence electrons. The molecule has 0 saturated carbocycles. The van der Waals surface area contributed by atoms with Crippen LogP contribution in [0.1, 0.15) is 37.0 Å². The molecule has 2 aromatic heterocycles. The molecule has 1 aliphatic heterocycles. The molecule has 3 heterocycles. The van der Waals surface area contributed by atoms with E-state index in [9.17, 15) is 8.42 Å². The number of aromatic nitrogens is 4. The zero-order valence-electron chi connectivity index (χ0n) is 16.4. The van der Waals surface area contributed by atoms with E-state index in [1.54, 1.807) is 25.5 Å². The van der Waals surface area contributed by atoms with Gasteiger partial charge in [0.25, 0.3) is 10.0 Å². The van der Waals surface area contributed by atoms with Crippen LogP contribution in [-0.2, 0) is 21.8 Å². The number of ether oxygens (including phenoxy) is 1. The smallest absolute Gasteiger partial charge is 0.281 e. The lowest BCUT2D eigenvalue weighted by Gasteiger charge is -2.27. The maximum atomic E-state index is 12.8. The Morgan fingerprint density at radius 2 is 1.70 bits per heavy atom. The number of aryl methyl sites for hydroxylation is 3. The standard InChI is InChI=1S/C17H26N6O3S/c1-11(2)16-20-14(10-22(16)5)27(24,25)21-15-12(3)18-17(19-13(15)4)23-6-8-26-9-7-23/h10-11,21H,6-9H2,1-5H3. The first-order chi connectivity index (χ1) is 12.7. The average molecular weight is 395 g/mol.